The van der Waals surface area contributed by atoms with E-state index in [-0.39, 0.29) is 5.82 Å². The first kappa shape index (κ1) is 18.4. The van der Waals surface area contributed by atoms with Crippen molar-refractivity contribution in [2.24, 2.45) is 7.05 Å². The van der Waals surface area contributed by atoms with Gasteiger partial charge in [0.2, 0.25) is 5.82 Å². The van der Waals surface area contributed by atoms with Gasteiger partial charge < -0.3 is 9.09 Å². The van der Waals surface area contributed by atoms with Crippen molar-refractivity contribution in [2.75, 3.05) is 0 Å². The zero-order valence-corrected chi connectivity index (χ0v) is 16.0. The Morgan fingerprint density at radius 1 is 0.893 bits per heavy atom. The van der Waals surface area contributed by atoms with Gasteiger partial charge >= 0.3 is 6.18 Å². The van der Waals surface area contributed by atoms with Crippen molar-refractivity contribution in [1.82, 2.24) is 19.7 Å². The van der Waals surface area contributed by atoms with E-state index in [2.05, 4.69) is 31.1 Å². The van der Waals surface area contributed by atoms with Crippen molar-refractivity contribution < 1.29 is 17.7 Å². The molecule has 0 spiro atoms. The maximum atomic E-state index is 12.8. The summed E-state index contributed by atoms with van der Waals surface area (Å²) in [6.07, 6.45) is -3.52. The molecule has 4 rings (SSSR count). The predicted octanol–water partition coefficient (Wildman–Crippen LogP) is 5.59. The van der Waals surface area contributed by atoms with Crippen LogP contribution in [-0.4, -0.2) is 19.7 Å². The lowest BCUT2D eigenvalue weighted by molar-refractivity contribution is -0.140. The van der Waals surface area contributed by atoms with Crippen LogP contribution >= 0.6 is 15.9 Å². The van der Waals surface area contributed by atoms with E-state index in [0.29, 0.717) is 22.8 Å². The fraction of sp³-hybridized carbons (Fsp3) is 0.105. The molecule has 0 unspecified atom stereocenters. The third-order valence-corrected chi connectivity index (χ3v) is 4.61. The van der Waals surface area contributed by atoms with Crippen LogP contribution in [0.5, 0.6) is 0 Å². The first-order chi connectivity index (χ1) is 13.3. The molecule has 2 aromatic carbocycles. The van der Waals surface area contributed by atoms with Crippen LogP contribution in [0.1, 0.15) is 5.69 Å². The molecule has 0 saturated carbocycles. The first-order valence-electron chi connectivity index (χ1n) is 8.12. The number of alkyl halides is 3. The van der Waals surface area contributed by atoms with Crippen LogP contribution < -0.4 is 0 Å². The topological polar surface area (TPSA) is 56.7 Å². The number of hydrogen-bond donors (Lipinski definition) is 0. The zero-order chi connectivity index (χ0) is 19.9. The zero-order valence-electron chi connectivity index (χ0n) is 14.4. The number of halogens is 4. The molecular formula is C19H12BrF3N4O. The molecule has 28 heavy (non-hydrogen) atoms. The van der Waals surface area contributed by atoms with Gasteiger partial charge in [-0.25, -0.2) is 4.98 Å². The van der Waals surface area contributed by atoms with Gasteiger partial charge in [0.1, 0.15) is 5.82 Å². The van der Waals surface area contributed by atoms with Gasteiger partial charge in [-0.1, -0.05) is 33.2 Å². The average molecular weight is 449 g/mol. The Kier molecular flexibility index (Phi) is 4.54. The lowest BCUT2D eigenvalue weighted by atomic mass is 10.1. The van der Waals surface area contributed by atoms with Crippen molar-refractivity contribution in [3.05, 3.63) is 64.9 Å². The average Bonchev–Trinajstić information content (AvgIpc) is 3.29. The van der Waals surface area contributed by atoms with Crippen LogP contribution in [0.15, 0.2) is 63.7 Å². The highest BCUT2D eigenvalue weighted by molar-refractivity contribution is 9.10. The Morgan fingerprint density at radius 2 is 1.50 bits per heavy atom. The van der Waals surface area contributed by atoms with E-state index >= 15 is 0 Å². The second-order valence-electron chi connectivity index (χ2n) is 6.07. The summed E-state index contributed by atoms with van der Waals surface area (Å²) >= 11 is 3.37. The normalized spacial score (nSPS) is 11.8. The second kappa shape index (κ2) is 6.90. The third-order valence-electron chi connectivity index (χ3n) is 4.09. The molecule has 4 aromatic rings. The standard InChI is InChI=1S/C19H12BrF3N4O/c1-27-10-15(19(21,22)23)24-17(27)12-2-4-13(5-3-12)18-25-16(26-28-18)11-6-8-14(20)9-7-11/h2-10H,1H3. The van der Waals surface area contributed by atoms with Crippen molar-refractivity contribution in [2.45, 2.75) is 6.18 Å². The van der Waals surface area contributed by atoms with E-state index in [1.807, 2.05) is 24.3 Å². The minimum Gasteiger partial charge on any atom is -0.334 e. The Labute approximate surface area is 166 Å². The number of aryl methyl sites for hydroxylation is 1. The van der Waals surface area contributed by atoms with E-state index < -0.39 is 11.9 Å². The molecule has 0 saturated heterocycles. The van der Waals surface area contributed by atoms with Crippen molar-refractivity contribution in [1.29, 1.82) is 0 Å². The maximum absolute atomic E-state index is 12.8. The van der Waals surface area contributed by atoms with Crippen LogP contribution in [0.4, 0.5) is 13.2 Å². The quantitative estimate of drug-likeness (QED) is 0.410. The van der Waals surface area contributed by atoms with Crippen LogP contribution in [0.2, 0.25) is 0 Å². The van der Waals surface area contributed by atoms with E-state index in [1.54, 1.807) is 24.3 Å². The fourth-order valence-electron chi connectivity index (χ4n) is 2.69. The van der Waals surface area contributed by atoms with E-state index in [9.17, 15) is 13.2 Å². The van der Waals surface area contributed by atoms with Crippen LogP contribution in [-0.2, 0) is 13.2 Å². The van der Waals surface area contributed by atoms with Gasteiger partial charge in [0.05, 0.1) is 0 Å². The van der Waals surface area contributed by atoms with Crippen LogP contribution in [0.3, 0.4) is 0 Å². The molecule has 2 aromatic heterocycles. The minimum atomic E-state index is -4.48. The Balaban J connectivity index is 1.61. The maximum Gasteiger partial charge on any atom is 0.434 e. The largest absolute Gasteiger partial charge is 0.434 e. The fourth-order valence-corrected chi connectivity index (χ4v) is 2.95. The minimum absolute atomic E-state index is 0.222. The molecule has 0 fully saturated rings. The van der Waals surface area contributed by atoms with Gasteiger partial charge in [0, 0.05) is 34.4 Å². The smallest absolute Gasteiger partial charge is 0.334 e. The number of rotatable bonds is 3. The van der Waals surface area contributed by atoms with Gasteiger partial charge in [-0.2, -0.15) is 18.2 Å². The van der Waals surface area contributed by atoms with E-state index in [4.69, 9.17) is 4.52 Å². The molecule has 9 heteroatoms. The summed E-state index contributed by atoms with van der Waals surface area (Å²) in [7, 11) is 1.52. The number of imidazole rings is 1. The van der Waals surface area contributed by atoms with Crippen LogP contribution in [0.25, 0.3) is 34.2 Å². The van der Waals surface area contributed by atoms with Gasteiger partial charge in [0.25, 0.3) is 5.89 Å². The predicted molar refractivity (Wildman–Crippen MR) is 100 cm³/mol. The highest BCUT2D eigenvalue weighted by Gasteiger charge is 2.34. The Bertz CT molecular complexity index is 1120. The van der Waals surface area contributed by atoms with Crippen LogP contribution in [0, 0.1) is 0 Å². The molecule has 2 heterocycles. The third kappa shape index (κ3) is 3.57. The lowest BCUT2D eigenvalue weighted by Gasteiger charge is -2.02. The molecule has 5 nitrogen and oxygen atoms in total. The van der Waals surface area contributed by atoms with Gasteiger partial charge in [0.15, 0.2) is 5.69 Å². The molecule has 0 bridgehead atoms. The SMILES string of the molecule is Cn1cc(C(F)(F)F)nc1-c1ccc(-c2nc(-c3ccc(Br)cc3)no2)cc1. The van der Waals surface area contributed by atoms with Crippen molar-refractivity contribution >= 4 is 15.9 Å². The molecule has 0 aliphatic rings. The highest BCUT2D eigenvalue weighted by atomic mass is 79.9. The van der Waals surface area contributed by atoms with Gasteiger partial charge in [-0.15, -0.1) is 0 Å². The summed E-state index contributed by atoms with van der Waals surface area (Å²) < 4.78 is 46.1. The van der Waals surface area contributed by atoms with E-state index in [0.717, 1.165) is 16.2 Å². The van der Waals surface area contributed by atoms with Gasteiger partial charge in [-0.05, 0) is 36.4 Å². The van der Waals surface area contributed by atoms with Crippen molar-refractivity contribution in [3.63, 3.8) is 0 Å². The summed E-state index contributed by atoms with van der Waals surface area (Å²) in [5.41, 5.74) is 1.09. The summed E-state index contributed by atoms with van der Waals surface area (Å²) in [6.45, 7) is 0. The second-order valence-corrected chi connectivity index (χ2v) is 6.98. The summed E-state index contributed by atoms with van der Waals surface area (Å²) in [5.74, 6) is 0.991. The molecule has 0 amide bonds. The molecule has 142 valence electrons. The van der Waals surface area contributed by atoms with Gasteiger partial charge in [-0.3, -0.25) is 0 Å². The number of aromatic nitrogens is 4. The molecule has 0 aliphatic heterocycles. The number of benzene rings is 2. The molecule has 0 radical (unpaired) electrons. The first-order valence-corrected chi connectivity index (χ1v) is 8.91. The summed E-state index contributed by atoms with van der Waals surface area (Å²) in [4.78, 5) is 8.06. The lowest BCUT2D eigenvalue weighted by Crippen LogP contribution is -2.04. The molecule has 0 aliphatic carbocycles. The monoisotopic (exact) mass is 448 g/mol. The van der Waals surface area contributed by atoms with Crippen molar-refractivity contribution in [3.8, 4) is 34.2 Å². The summed E-state index contributed by atoms with van der Waals surface area (Å²) in [5, 5.41) is 3.97. The summed E-state index contributed by atoms with van der Waals surface area (Å²) in [6, 6.07) is 14.2. The molecular weight excluding hydrogens is 437 g/mol. The molecule has 0 atom stereocenters. The Hall–Kier alpha value is -2.94. The Morgan fingerprint density at radius 3 is 2.11 bits per heavy atom. The number of hydrogen-bond acceptors (Lipinski definition) is 4. The number of nitrogens with zero attached hydrogens (tertiary/aromatic N) is 4. The highest BCUT2D eigenvalue weighted by Crippen LogP contribution is 2.31. The molecule has 0 N–H and O–H groups in total. The van der Waals surface area contributed by atoms with E-state index in [1.165, 1.54) is 11.6 Å².